The Balaban J connectivity index is 1.25. The maximum Gasteiger partial charge on any atom is 0.257 e. The summed E-state index contributed by atoms with van der Waals surface area (Å²) >= 11 is 0. The number of likely N-dealkylation sites (tertiary alicyclic amines) is 2. The lowest BCUT2D eigenvalue weighted by atomic mass is 9.85. The Hall–Kier alpha value is -3.82. The van der Waals surface area contributed by atoms with Crippen LogP contribution in [0.4, 0.5) is 5.69 Å². The van der Waals surface area contributed by atoms with E-state index in [1.165, 1.54) is 11.9 Å². The first-order chi connectivity index (χ1) is 22.1. The molecule has 2 aliphatic rings. The molecule has 46 heavy (non-hydrogen) atoms. The predicted molar refractivity (Wildman–Crippen MR) is 182 cm³/mol. The number of likely N-dealkylation sites (N-methyl/N-ethyl adjacent to an activating group) is 1. The van der Waals surface area contributed by atoms with Gasteiger partial charge in [-0.15, -0.1) is 0 Å². The Morgan fingerprint density at radius 2 is 1.50 bits per heavy atom. The van der Waals surface area contributed by atoms with Crippen LogP contribution in [-0.2, 0) is 11.3 Å². The maximum absolute atomic E-state index is 13.4. The minimum atomic E-state index is -1.16. The average molecular weight is 627 g/mol. The van der Waals surface area contributed by atoms with Crippen molar-refractivity contribution in [3.05, 3.63) is 89.0 Å². The number of benzene rings is 2. The summed E-state index contributed by atoms with van der Waals surface area (Å²) in [5, 5.41) is 10.8. The Bertz CT molecular complexity index is 1440. The second-order valence-electron chi connectivity index (χ2n) is 13.0. The Morgan fingerprint density at radius 3 is 2.07 bits per heavy atom. The summed E-state index contributed by atoms with van der Waals surface area (Å²) in [6.07, 6.45) is 4.33. The molecule has 246 valence electrons. The molecule has 0 saturated carbocycles. The molecule has 3 heterocycles. The summed E-state index contributed by atoms with van der Waals surface area (Å²) in [4.78, 5) is 43.5. The number of aliphatic hydroxyl groups excluding tert-OH is 1. The van der Waals surface area contributed by atoms with Gasteiger partial charge < -0.3 is 19.8 Å². The molecule has 5 rings (SSSR count). The van der Waals surface area contributed by atoms with Gasteiger partial charge in [-0.2, -0.15) is 0 Å². The van der Waals surface area contributed by atoms with Gasteiger partial charge in [0, 0.05) is 63.1 Å². The number of aryl methyl sites for hydroxylation is 2. The van der Waals surface area contributed by atoms with Crippen molar-refractivity contribution in [3.63, 3.8) is 0 Å². The van der Waals surface area contributed by atoms with Crippen molar-refractivity contribution in [2.75, 3.05) is 44.2 Å². The molecule has 1 atom stereocenters. The molecule has 2 amide bonds. The van der Waals surface area contributed by atoms with Gasteiger partial charge in [-0.3, -0.25) is 14.5 Å². The van der Waals surface area contributed by atoms with Crippen LogP contribution in [0.1, 0.15) is 85.4 Å². The highest BCUT2D eigenvalue weighted by molar-refractivity contribution is 5.96. The largest absolute Gasteiger partial charge is 0.378 e. The van der Waals surface area contributed by atoms with Crippen molar-refractivity contribution < 1.29 is 14.7 Å². The number of carbonyl (C=O) groups is 2. The van der Waals surface area contributed by atoms with Gasteiger partial charge in [0.1, 0.15) is 6.33 Å². The zero-order valence-electron chi connectivity index (χ0n) is 28.2. The van der Waals surface area contributed by atoms with Gasteiger partial charge in [0.2, 0.25) is 0 Å². The topological polar surface area (TPSA) is 93.1 Å². The predicted octanol–water partition coefficient (Wildman–Crippen LogP) is 5.16. The average Bonchev–Trinajstić information content (AvgIpc) is 3.08. The smallest absolute Gasteiger partial charge is 0.257 e. The van der Waals surface area contributed by atoms with Crippen molar-refractivity contribution in [2.24, 2.45) is 0 Å². The maximum atomic E-state index is 13.4. The van der Waals surface area contributed by atoms with E-state index in [0.29, 0.717) is 30.3 Å². The number of aliphatic hydroxyl groups is 1. The van der Waals surface area contributed by atoms with Crippen molar-refractivity contribution in [1.82, 2.24) is 24.7 Å². The van der Waals surface area contributed by atoms with Gasteiger partial charge in [-0.25, -0.2) is 9.97 Å². The normalized spacial score (nSPS) is 17.8. The first-order valence-corrected chi connectivity index (χ1v) is 16.8. The molecular weight excluding hydrogens is 576 g/mol. The van der Waals surface area contributed by atoms with Crippen LogP contribution in [0.5, 0.6) is 0 Å². The van der Waals surface area contributed by atoms with Gasteiger partial charge in [0.05, 0.1) is 17.0 Å². The Morgan fingerprint density at radius 1 is 0.913 bits per heavy atom. The molecule has 1 aromatic heterocycles. The molecular formula is C37H50N6O3. The molecule has 0 bridgehead atoms. The van der Waals surface area contributed by atoms with E-state index in [1.54, 1.807) is 4.90 Å². The molecule has 9 nitrogen and oxygen atoms in total. The van der Waals surface area contributed by atoms with E-state index in [1.807, 2.05) is 50.8 Å². The summed E-state index contributed by atoms with van der Waals surface area (Å²) in [5.74, 6) is -0.210. The minimum absolute atomic E-state index is 0.0452. The third-order valence-corrected chi connectivity index (χ3v) is 10.3. The second kappa shape index (κ2) is 14.7. The third-order valence-electron chi connectivity index (χ3n) is 10.3. The van der Waals surface area contributed by atoms with Gasteiger partial charge in [-0.05, 0) is 83.6 Å². The number of amides is 2. The van der Waals surface area contributed by atoms with E-state index in [4.69, 9.17) is 0 Å². The molecule has 0 radical (unpaired) electrons. The summed E-state index contributed by atoms with van der Waals surface area (Å²) < 4.78 is 0. The Kier molecular flexibility index (Phi) is 10.7. The highest BCUT2D eigenvalue weighted by Gasteiger charge is 2.40. The number of nitrogens with zero attached hydrogens (tertiary/aromatic N) is 6. The van der Waals surface area contributed by atoms with Crippen LogP contribution >= 0.6 is 0 Å². The number of hydrogen-bond donors (Lipinski definition) is 1. The summed E-state index contributed by atoms with van der Waals surface area (Å²) in [7, 11) is 0. The standard InChI is InChI=1S/C37H50N6O3/c1-6-40(7-2)36(46)34(44)30-13-15-31(16-14-30)43(25-29-11-9-8-10-12-29)32-17-21-42(22-18-32)37(5)19-23-41(24-20-37)35(45)33-27(3)38-26-39-28(33)4/h8-16,26,32,34,44H,6-7,17-25H2,1-5H3/t34-/m0/s1. The van der Waals surface area contributed by atoms with E-state index >= 15 is 0 Å². The van der Waals surface area contributed by atoms with E-state index in [2.05, 4.69) is 63.1 Å². The van der Waals surface area contributed by atoms with Crippen LogP contribution in [0, 0.1) is 13.8 Å². The van der Waals surface area contributed by atoms with E-state index in [0.717, 1.165) is 75.5 Å². The van der Waals surface area contributed by atoms with Crippen LogP contribution in [0.3, 0.4) is 0 Å². The van der Waals surface area contributed by atoms with Crippen LogP contribution in [0.15, 0.2) is 60.9 Å². The second-order valence-corrected chi connectivity index (χ2v) is 13.0. The molecule has 0 spiro atoms. The monoisotopic (exact) mass is 626 g/mol. The van der Waals surface area contributed by atoms with E-state index in [9.17, 15) is 14.7 Å². The molecule has 2 aromatic carbocycles. The van der Waals surface area contributed by atoms with Crippen molar-refractivity contribution in [2.45, 2.75) is 84.5 Å². The molecule has 2 aliphatic heterocycles. The zero-order chi connectivity index (χ0) is 32.8. The van der Waals surface area contributed by atoms with Crippen LogP contribution in [0.25, 0.3) is 0 Å². The number of carbonyl (C=O) groups excluding carboxylic acids is 2. The number of rotatable bonds is 10. The number of piperidine rings is 2. The first kappa shape index (κ1) is 33.5. The Labute approximate surface area is 274 Å². The summed E-state index contributed by atoms with van der Waals surface area (Å²) in [5.41, 5.74) is 5.16. The third kappa shape index (κ3) is 7.26. The van der Waals surface area contributed by atoms with Crippen molar-refractivity contribution in [1.29, 1.82) is 0 Å². The lowest BCUT2D eigenvalue weighted by Gasteiger charge is -2.50. The lowest BCUT2D eigenvalue weighted by molar-refractivity contribution is -0.140. The fraction of sp³-hybridized carbons (Fsp3) is 0.514. The van der Waals surface area contributed by atoms with Gasteiger partial charge in [-0.1, -0.05) is 42.5 Å². The number of anilines is 1. The van der Waals surface area contributed by atoms with E-state index in [-0.39, 0.29) is 17.4 Å². The fourth-order valence-corrected chi connectivity index (χ4v) is 7.20. The summed E-state index contributed by atoms with van der Waals surface area (Å²) in [6, 6.07) is 18.8. The fourth-order valence-electron chi connectivity index (χ4n) is 7.20. The molecule has 3 aromatic rings. The number of aromatic nitrogens is 2. The van der Waals surface area contributed by atoms with Crippen LogP contribution in [-0.4, -0.2) is 92.4 Å². The van der Waals surface area contributed by atoms with E-state index < -0.39 is 6.10 Å². The number of hydrogen-bond acceptors (Lipinski definition) is 7. The lowest BCUT2D eigenvalue weighted by Crippen LogP contribution is -2.58. The summed E-state index contributed by atoms with van der Waals surface area (Å²) in [6.45, 7) is 15.4. The van der Waals surface area contributed by atoms with Crippen LogP contribution < -0.4 is 4.90 Å². The van der Waals surface area contributed by atoms with Gasteiger partial charge in [0.15, 0.2) is 6.10 Å². The van der Waals surface area contributed by atoms with Gasteiger partial charge >= 0.3 is 0 Å². The molecule has 2 fully saturated rings. The highest BCUT2D eigenvalue weighted by Crippen LogP contribution is 2.34. The molecule has 0 unspecified atom stereocenters. The van der Waals surface area contributed by atoms with Crippen molar-refractivity contribution in [3.8, 4) is 0 Å². The SMILES string of the molecule is CCN(CC)C(=O)[C@@H](O)c1ccc(N(Cc2ccccc2)C2CCN(C3(C)CCN(C(=O)c4c(C)ncnc4C)CC3)CC2)cc1. The highest BCUT2D eigenvalue weighted by atomic mass is 16.3. The quantitative estimate of drug-likeness (QED) is 0.332. The molecule has 9 heteroatoms. The molecule has 0 aliphatic carbocycles. The molecule has 1 N–H and O–H groups in total. The first-order valence-electron chi connectivity index (χ1n) is 16.8. The molecule has 2 saturated heterocycles. The van der Waals surface area contributed by atoms with Gasteiger partial charge in [0.25, 0.3) is 11.8 Å². The van der Waals surface area contributed by atoms with Crippen molar-refractivity contribution >= 4 is 17.5 Å². The zero-order valence-corrected chi connectivity index (χ0v) is 28.2. The minimum Gasteiger partial charge on any atom is -0.378 e. The van der Waals surface area contributed by atoms with Crippen LogP contribution in [0.2, 0.25) is 0 Å².